The first-order valence-corrected chi connectivity index (χ1v) is 12.7. The van der Waals surface area contributed by atoms with E-state index in [0.29, 0.717) is 18.4 Å². The fourth-order valence-corrected chi connectivity index (χ4v) is 8.74. The molecule has 5 aliphatic carbocycles. The van der Waals surface area contributed by atoms with Crippen molar-refractivity contribution >= 4 is 11.8 Å². The van der Waals surface area contributed by atoms with Crippen LogP contribution < -0.4 is 0 Å². The van der Waals surface area contributed by atoms with Gasteiger partial charge >= 0.3 is 5.97 Å². The van der Waals surface area contributed by atoms with Crippen molar-refractivity contribution in [2.45, 2.75) is 86.2 Å². The highest BCUT2D eigenvalue weighted by atomic mass is 16.4. The minimum absolute atomic E-state index is 0.0994. The molecule has 0 aromatic rings. The number of ketones is 1. The SMILES string of the molecule is CC1=C(O)C(=O)C=C2C1=CC=C1C2(C)CCC2(C)C3CC(C)(C(=O)O)C(O)CC3(C)CCC12C. The zero-order chi connectivity index (χ0) is 25.1. The zero-order valence-corrected chi connectivity index (χ0v) is 21.3. The topological polar surface area (TPSA) is 94.8 Å². The number of aliphatic hydroxyl groups is 2. The fraction of sp³-hybridized carbons (Fsp3) is 0.655. The minimum Gasteiger partial charge on any atom is -0.504 e. The molecule has 0 radical (unpaired) electrons. The third kappa shape index (κ3) is 2.60. The Morgan fingerprint density at radius 3 is 2.32 bits per heavy atom. The molecule has 0 bridgehead atoms. The number of aliphatic carboxylic acids is 1. The molecule has 5 nitrogen and oxygen atoms in total. The van der Waals surface area contributed by atoms with Crippen LogP contribution in [0.5, 0.6) is 0 Å². The summed E-state index contributed by atoms with van der Waals surface area (Å²) in [6.45, 7) is 12.7. The highest BCUT2D eigenvalue weighted by Gasteiger charge is 2.68. The summed E-state index contributed by atoms with van der Waals surface area (Å²) in [6.07, 6.45) is 9.81. The van der Waals surface area contributed by atoms with Crippen molar-refractivity contribution in [2.24, 2.45) is 33.0 Å². The summed E-state index contributed by atoms with van der Waals surface area (Å²) in [6, 6.07) is 0. The van der Waals surface area contributed by atoms with Gasteiger partial charge in [-0.3, -0.25) is 9.59 Å². The minimum atomic E-state index is -1.14. The molecule has 7 atom stereocenters. The molecule has 0 saturated heterocycles. The molecule has 7 unspecified atom stereocenters. The Kier molecular flexibility index (Phi) is 4.68. The van der Waals surface area contributed by atoms with Gasteiger partial charge in [0.25, 0.3) is 0 Å². The zero-order valence-electron chi connectivity index (χ0n) is 21.3. The van der Waals surface area contributed by atoms with Gasteiger partial charge in [0.1, 0.15) is 0 Å². The lowest BCUT2D eigenvalue weighted by Gasteiger charge is -2.70. The maximum atomic E-state index is 12.6. The molecule has 0 heterocycles. The molecule has 3 saturated carbocycles. The summed E-state index contributed by atoms with van der Waals surface area (Å²) in [5.41, 5.74) is 2.12. The highest BCUT2D eigenvalue weighted by molar-refractivity contribution is 6.06. The summed E-state index contributed by atoms with van der Waals surface area (Å²) < 4.78 is 0. The van der Waals surface area contributed by atoms with Gasteiger partial charge in [-0.15, -0.1) is 0 Å². The summed E-state index contributed by atoms with van der Waals surface area (Å²) in [5.74, 6) is -1.22. The van der Waals surface area contributed by atoms with E-state index in [-0.39, 0.29) is 39.1 Å². The molecule has 3 N–H and O–H groups in total. The first kappa shape index (κ1) is 23.6. The van der Waals surface area contributed by atoms with Crippen LogP contribution in [0.1, 0.15) is 80.1 Å². The first-order chi connectivity index (χ1) is 15.6. The lowest BCUT2D eigenvalue weighted by molar-refractivity contribution is -0.202. The maximum Gasteiger partial charge on any atom is 0.311 e. The Bertz CT molecular complexity index is 1140. The molecule has 5 rings (SSSR count). The van der Waals surface area contributed by atoms with Gasteiger partial charge in [-0.25, -0.2) is 0 Å². The number of carboxylic acid groups (broad SMARTS) is 1. The van der Waals surface area contributed by atoms with E-state index in [9.17, 15) is 24.9 Å². The van der Waals surface area contributed by atoms with Crippen molar-refractivity contribution in [3.05, 3.63) is 46.3 Å². The van der Waals surface area contributed by atoms with Crippen LogP contribution >= 0.6 is 0 Å². The average molecular weight is 467 g/mol. The van der Waals surface area contributed by atoms with E-state index in [1.807, 2.05) is 6.92 Å². The lowest BCUT2D eigenvalue weighted by Crippen LogP contribution is -2.64. The Morgan fingerprint density at radius 2 is 1.68 bits per heavy atom. The number of carbonyl (C=O) groups is 2. The molecule has 5 heteroatoms. The van der Waals surface area contributed by atoms with Gasteiger partial charge in [-0.05, 0) is 91.8 Å². The number of aliphatic hydroxyl groups excluding tert-OH is 2. The molecule has 184 valence electrons. The molecular formula is C29H38O5. The van der Waals surface area contributed by atoms with Crippen LogP contribution in [0.15, 0.2) is 46.3 Å². The van der Waals surface area contributed by atoms with E-state index < -0.39 is 17.5 Å². The quantitative estimate of drug-likeness (QED) is 0.463. The van der Waals surface area contributed by atoms with E-state index >= 15 is 0 Å². The van der Waals surface area contributed by atoms with Gasteiger partial charge in [0.2, 0.25) is 5.78 Å². The van der Waals surface area contributed by atoms with Crippen molar-refractivity contribution < 1.29 is 24.9 Å². The number of allylic oxidation sites excluding steroid dienone is 7. The van der Waals surface area contributed by atoms with Crippen molar-refractivity contribution in [1.82, 2.24) is 0 Å². The van der Waals surface area contributed by atoms with Crippen LogP contribution in [0.3, 0.4) is 0 Å². The van der Waals surface area contributed by atoms with Gasteiger partial charge in [0.15, 0.2) is 5.76 Å². The molecule has 5 aliphatic rings. The third-order valence-corrected chi connectivity index (χ3v) is 11.5. The van der Waals surface area contributed by atoms with Crippen LogP contribution in [0.2, 0.25) is 0 Å². The van der Waals surface area contributed by atoms with Crippen LogP contribution in [0, 0.1) is 33.0 Å². The normalized spacial score (nSPS) is 48.0. The van der Waals surface area contributed by atoms with Gasteiger partial charge < -0.3 is 15.3 Å². The lowest BCUT2D eigenvalue weighted by atomic mass is 9.34. The maximum absolute atomic E-state index is 12.6. The molecule has 0 aromatic carbocycles. The standard InChI is InChI=1S/C29H38O5/c1-16-17-7-8-20-26(3,18(17)13-19(30)23(16)32)10-12-29(6)21-14-27(4,24(33)34)22(31)15-25(21,2)9-11-28(20,29)5/h7-8,13,21-22,31-32H,9-12,14-15H2,1-6H3,(H,33,34). The number of rotatable bonds is 1. The van der Waals surface area contributed by atoms with E-state index in [1.165, 1.54) is 5.57 Å². The highest BCUT2D eigenvalue weighted by Crippen LogP contribution is 2.75. The van der Waals surface area contributed by atoms with E-state index in [4.69, 9.17) is 0 Å². The molecule has 3 fully saturated rings. The Balaban J connectivity index is 1.65. The Hall–Kier alpha value is -2.14. The average Bonchev–Trinajstić information content (AvgIpc) is 2.76. The smallest absolute Gasteiger partial charge is 0.311 e. The number of fused-ring (bicyclic) bond motifs is 7. The van der Waals surface area contributed by atoms with E-state index in [1.54, 1.807) is 13.0 Å². The van der Waals surface area contributed by atoms with Crippen LogP contribution in [0.25, 0.3) is 0 Å². The summed E-state index contributed by atoms with van der Waals surface area (Å²) in [7, 11) is 0. The number of hydrogen-bond donors (Lipinski definition) is 3. The second kappa shape index (κ2) is 6.75. The molecular weight excluding hydrogens is 428 g/mol. The molecule has 0 aromatic heterocycles. The van der Waals surface area contributed by atoms with Gasteiger partial charge in [-0.2, -0.15) is 0 Å². The largest absolute Gasteiger partial charge is 0.504 e. The predicted octanol–water partition coefficient (Wildman–Crippen LogP) is 5.67. The van der Waals surface area contributed by atoms with Crippen LogP contribution in [-0.4, -0.2) is 33.2 Å². The first-order valence-electron chi connectivity index (χ1n) is 12.7. The summed E-state index contributed by atoms with van der Waals surface area (Å²) in [4.78, 5) is 24.9. The molecule has 34 heavy (non-hydrogen) atoms. The predicted molar refractivity (Wildman–Crippen MR) is 130 cm³/mol. The molecule has 0 spiro atoms. The van der Waals surface area contributed by atoms with Crippen LogP contribution in [-0.2, 0) is 9.59 Å². The second-order valence-corrected chi connectivity index (χ2v) is 13.0. The third-order valence-electron chi connectivity index (χ3n) is 11.5. The number of carbonyl (C=O) groups excluding carboxylic acids is 1. The summed E-state index contributed by atoms with van der Waals surface area (Å²) >= 11 is 0. The molecule has 0 amide bonds. The number of carboxylic acids is 1. The summed E-state index contributed by atoms with van der Waals surface area (Å²) in [5, 5.41) is 31.3. The fourth-order valence-electron chi connectivity index (χ4n) is 8.74. The van der Waals surface area contributed by atoms with Crippen LogP contribution in [0.4, 0.5) is 0 Å². The molecule has 0 aliphatic heterocycles. The van der Waals surface area contributed by atoms with Gasteiger partial charge in [-0.1, -0.05) is 45.4 Å². The Labute approximate surface area is 202 Å². The van der Waals surface area contributed by atoms with Gasteiger partial charge in [0.05, 0.1) is 11.5 Å². The monoisotopic (exact) mass is 466 g/mol. The van der Waals surface area contributed by atoms with Gasteiger partial charge in [0, 0.05) is 11.0 Å². The second-order valence-electron chi connectivity index (χ2n) is 13.0. The number of hydrogen-bond acceptors (Lipinski definition) is 4. The van der Waals surface area contributed by atoms with Crippen molar-refractivity contribution in [3.8, 4) is 0 Å². The van der Waals surface area contributed by atoms with E-state index in [2.05, 4.69) is 39.8 Å². The van der Waals surface area contributed by atoms with Crippen molar-refractivity contribution in [1.29, 1.82) is 0 Å². The van der Waals surface area contributed by atoms with E-state index in [0.717, 1.165) is 36.8 Å². The van der Waals surface area contributed by atoms with Crippen molar-refractivity contribution in [3.63, 3.8) is 0 Å². The van der Waals surface area contributed by atoms with Crippen molar-refractivity contribution in [2.75, 3.05) is 0 Å². The Morgan fingerprint density at radius 1 is 1.00 bits per heavy atom.